The van der Waals surface area contributed by atoms with Crippen LogP contribution in [0.15, 0.2) is 48.5 Å². The molecule has 1 aliphatic carbocycles. The molecule has 1 aliphatic heterocycles. The van der Waals surface area contributed by atoms with Gasteiger partial charge < -0.3 is 24.6 Å². The first-order valence-corrected chi connectivity index (χ1v) is 10.9. The lowest BCUT2D eigenvalue weighted by Gasteiger charge is -2.36. The van der Waals surface area contributed by atoms with Crippen LogP contribution in [0.2, 0.25) is 0 Å². The number of carbonyl (C=O) groups is 2. The summed E-state index contributed by atoms with van der Waals surface area (Å²) >= 11 is 0. The molecule has 4 rings (SSSR count). The lowest BCUT2D eigenvalue weighted by Crippen LogP contribution is -2.51. The van der Waals surface area contributed by atoms with E-state index in [0.29, 0.717) is 55.7 Å². The third-order valence-corrected chi connectivity index (χ3v) is 5.71. The topological polar surface area (TPSA) is 71.1 Å². The number of methoxy groups -OCH3 is 1. The SMILES string of the molecule is COc1cccc(NC(=O)N2CCO[C@@H](CN(CC3CC3)C(=O)c3cccc(F)c3)C2)c1. The minimum atomic E-state index is -0.434. The molecule has 3 amide bonds. The summed E-state index contributed by atoms with van der Waals surface area (Å²) in [5.41, 5.74) is 0.975. The Kier molecular flexibility index (Phi) is 6.90. The minimum absolute atomic E-state index is 0.210. The number of hydrogen-bond donors (Lipinski definition) is 1. The highest BCUT2D eigenvalue weighted by Crippen LogP contribution is 2.30. The van der Waals surface area contributed by atoms with Gasteiger partial charge in [0.15, 0.2) is 0 Å². The van der Waals surface area contributed by atoms with Gasteiger partial charge in [0.05, 0.1) is 26.4 Å². The molecule has 2 aromatic carbocycles. The Morgan fingerprint density at radius 1 is 1.19 bits per heavy atom. The Morgan fingerprint density at radius 2 is 2.00 bits per heavy atom. The zero-order valence-corrected chi connectivity index (χ0v) is 18.1. The Labute approximate surface area is 187 Å². The molecule has 7 nitrogen and oxygen atoms in total. The number of carbonyl (C=O) groups excluding carboxylic acids is 2. The smallest absolute Gasteiger partial charge is 0.322 e. The van der Waals surface area contributed by atoms with Crippen molar-refractivity contribution >= 4 is 17.6 Å². The number of morpholine rings is 1. The van der Waals surface area contributed by atoms with Crippen molar-refractivity contribution in [3.63, 3.8) is 0 Å². The standard InChI is InChI=1S/C24H28FN3O4/c1-31-21-7-3-6-20(13-21)26-24(30)27-10-11-32-22(15-27)16-28(14-17-8-9-17)23(29)18-4-2-5-19(25)12-18/h2-7,12-13,17,22H,8-11,14-16H2,1H3,(H,26,30)/t22-/m1/s1. The molecule has 1 atom stereocenters. The van der Waals surface area contributed by atoms with Gasteiger partial charge in [0.25, 0.3) is 5.91 Å². The number of anilines is 1. The lowest BCUT2D eigenvalue weighted by atomic mass is 10.1. The Hall–Kier alpha value is -3.13. The first kappa shape index (κ1) is 22.1. The molecular formula is C24H28FN3O4. The molecule has 1 heterocycles. The van der Waals surface area contributed by atoms with E-state index in [2.05, 4.69) is 5.32 Å². The summed E-state index contributed by atoms with van der Waals surface area (Å²) in [7, 11) is 1.58. The highest BCUT2D eigenvalue weighted by Gasteiger charge is 2.32. The number of nitrogens with zero attached hydrogens (tertiary/aromatic N) is 2. The average Bonchev–Trinajstić information content (AvgIpc) is 3.62. The monoisotopic (exact) mass is 441 g/mol. The molecule has 2 aromatic rings. The van der Waals surface area contributed by atoms with E-state index in [0.717, 1.165) is 12.8 Å². The van der Waals surface area contributed by atoms with Crippen LogP contribution in [-0.4, -0.2) is 67.7 Å². The first-order valence-electron chi connectivity index (χ1n) is 10.9. The van der Waals surface area contributed by atoms with Gasteiger partial charge in [-0.05, 0) is 49.1 Å². The maximum Gasteiger partial charge on any atom is 0.322 e. The number of halogens is 1. The number of benzene rings is 2. The number of amides is 3. The van der Waals surface area contributed by atoms with Crippen LogP contribution in [0, 0.1) is 11.7 Å². The van der Waals surface area contributed by atoms with Crippen LogP contribution < -0.4 is 10.1 Å². The quantitative estimate of drug-likeness (QED) is 0.713. The van der Waals surface area contributed by atoms with E-state index in [-0.39, 0.29) is 18.0 Å². The second kappa shape index (κ2) is 9.99. The van der Waals surface area contributed by atoms with Gasteiger partial charge in [-0.3, -0.25) is 4.79 Å². The van der Waals surface area contributed by atoms with E-state index >= 15 is 0 Å². The second-order valence-electron chi connectivity index (χ2n) is 8.26. The van der Waals surface area contributed by atoms with E-state index in [1.165, 1.54) is 12.1 Å². The van der Waals surface area contributed by atoms with Crippen molar-refractivity contribution < 1.29 is 23.5 Å². The van der Waals surface area contributed by atoms with Crippen LogP contribution in [0.4, 0.5) is 14.9 Å². The van der Waals surface area contributed by atoms with E-state index in [1.807, 2.05) is 12.1 Å². The molecule has 0 radical (unpaired) electrons. The van der Waals surface area contributed by atoms with Gasteiger partial charge in [-0.25, -0.2) is 9.18 Å². The number of hydrogen-bond acceptors (Lipinski definition) is 4. The zero-order chi connectivity index (χ0) is 22.5. The molecule has 0 unspecified atom stereocenters. The molecule has 2 aliphatic rings. The molecule has 170 valence electrons. The average molecular weight is 442 g/mol. The van der Waals surface area contributed by atoms with E-state index in [9.17, 15) is 14.0 Å². The van der Waals surface area contributed by atoms with Crippen LogP contribution in [0.3, 0.4) is 0 Å². The summed E-state index contributed by atoms with van der Waals surface area (Å²) < 4.78 is 24.7. The van der Waals surface area contributed by atoms with Crippen LogP contribution in [-0.2, 0) is 4.74 Å². The third kappa shape index (κ3) is 5.76. The molecule has 32 heavy (non-hydrogen) atoms. The van der Waals surface area contributed by atoms with E-state index in [4.69, 9.17) is 9.47 Å². The predicted molar refractivity (Wildman–Crippen MR) is 118 cm³/mol. The fourth-order valence-corrected chi connectivity index (χ4v) is 3.82. The minimum Gasteiger partial charge on any atom is -0.497 e. The molecule has 1 saturated heterocycles. The maximum absolute atomic E-state index is 13.6. The van der Waals surface area contributed by atoms with Crippen molar-refractivity contribution in [2.45, 2.75) is 18.9 Å². The summed E-state index contributed by atoms with van der Waals surface area (Å²) in [5, 5.41) is 2.89. The summed E-state index contributed by atoms with van der Waals surface area (Å²) in [6.45, 7) is 2.20. The van der Waals surface area contributed by atoms with Crippen LogP contribution >= 0.6 is 0 Å². The molecule has 1 saturated carbocycles. The van der Waals surface area contributed by atoms with Crippen LogP contribution in [0.25, 0.3) is 0 Å². The fourth-order valence-electron chi connectivity index (χ4n) is 3.82. The van der Waals surface area contributed by atoms with Gasteiger partial charge in [0.1, 0.15) is 11.6 Å². The van der Waals surface area contributed by atoms with Crippen molar-refractivity contribution in [3.8, 4) is 5.75 Å². The van der Waals surface area contributed by atoms with Gasteiger partial charge in [-0.2, -0.15) is 0 Å². The molecule has 0 spiro atoms. The van der Waals surface area contributed by atoms with Gasteiger partial charge in [0, 0.05) is 37.0 Å². The molecule has 0 bridgehead atoms. The highest BCUT2D eigenvalue weighted by molar-refractivity contribution is 5.94. The zero-order valence-electron chi connectivity index (χ0n) is 18.1. The Bertz CT molecular complexity index is 966. The van der Waals surface area contributed by atoms with Crippen LogP contribution in [0.5, 0.6) is 5.75 Å². The Balaban J connectivity index is 1.39. The van der Waals surface area contributed by atoms with Gasteiger partial charge in [-0.15, -0.1) is 0 Å². The van der Waals surface area contributed by atoms with Crippen molar-refractivity contribution in [2.75, 3.05) is 45.2 Å². The first-order chi connectivity index (χ1) is 15.5. The van der Waals surface area contributed by atoms with Gasteiger partial charge in [0.2, 0.25) is 0 Å². The van der Waals surface area contributed by atoms with E-state index < -0.39 is 5.82 Å². The van der Waals surface area contributed by atoms with Gasteiger partial charge in [-0.1, -0.05) is 12.1 Å². The van der Waals surface area contributed by atoms with Crippen molar-refractivity contribution in [2.24, 2.45) is 5.92 Å². The maximum atomic E-state index is 13.6. The van der Waals surface area contributed by atoms with Crippen molar-refractivity contribution in [3.05, 3.63) is 59.9 Å². The summed E-state index contributed by atoms with van der Waals surface area (Å²) in [4.78, 5) is 29.3. The van der Waals surface area contributed by atoms with Crippen molar-refractivity contribution in [1.29, 1.82) is 0 Å². The highest BCUT2D eigenvalue weighted by atomic mass is 19.1. The van der Waals surface area contributed by atoms with Crippen molar-refractivity contribution in [1.82, 2.24) is 9.80 Å². The fraction of sp³-hybridized carbons (Fsp3) is 0.417. The summed E-state index contributed by atoms with van der Waals surface area (Å²) in [6, 6.07) is 12.7. The summed E-state index contributed by atoms with van der Waals surface area (Å²) in [6.07, 6.45) is 1.87. The second-order valence-corrected chi connectivity index (χ2v) is 8.26. The molecule has 1 N–H and O–H groups in total. The molecule has 0 aromatic heterocycles. The number of urea groups is 1. The normalized spacial score (nSPS) is 18.2. The Morgan fingerprint density at radius 3 is 2.75 bits per heavy atom. The molecule has 8 heteroatoms. The van der Waals surface area contributed by atoms with Gasteiger partial charge >= 0.3 is 6.03 Å². The third-order valence-electron chi connectivity index (χ3n) is 5.71. The summed E-state index contributed by atoms with van der Waals surface area (Å²) in [5.74, 6) is 0.493. The largest absolute Gasteiger partial charge is 0.497 e. The van der Waals surface area contributed by atoms with E-state index in [1.54, 1.807) is 41.2 Å². The number of ether oxygens (including phenoxy) is 2. The molecule has 2 fully saturated rings. The lowest BCUT2D eigenvalue weighted by molar-refractivity contribution is -0.0266. The molecular weight excluding hydrogens is 413 g/mol. The predicted octanol–water partition coefficient (Wildman–Crippen LogP) is 3.62. The number of rotatable bonds is 7. The van der Waals surface area contributed by atoms with Crippen LogP contribution in [0.1, 0.15) is 23.2 Å². The number of nitrogens with one attached hydrogen (secondary N) is 1.